The molecule has 2 aromatic rings. The Hall–Kier alpha value is -2.16. The Labute approximate surface area is 168 Å². The normalized spacial score (nSPS) is 28.6. The van der Waals surface area contributed by atoms with Crippen molar-refractivity contribution >= 4 is 11.4 Å². The van der Waals surface area contributed by atoms with Crippen LogP contribution in [0.15, 0.2) is 42.5 Å². The fraction of sp³-hybridized carbons (Fsp3) is 0.520. The molecule has 2 aliphatic carbocycles. The maximum atomic E-state index is 10.2. The monoisotopic (exact) mass is 376 g/mol. The molecular formula is C25H32N2O. The van der Waals surface area contributed by atoms with Gasteiger partial charge in [-0.1, -0.05) is 18.9 Å². The predicted octanol–water partition coefficient (Wildman–Crippen LogP) is 5.48. The molecular weight excluding hydrogens is 344 g/mol. The molecule has 1 aliphatic heterocycles. The minimum atomic E-state index is 0.283. The number of phenolic OH excluding ortho intramolecular Hbond substituents is 1. The van der Waals surface area contributed by atoms with Crippen molar-refractivity contribution in [3.8, 4) is 5.75 Å². The molecule has 0 unspecified atom stereocenters. The zero-order chi connectivity index (χ0) is 19.3. The van der Waals surface area contributed by atoms with Gasteiger partial charge in [0.05, 0.1) is 0 Å². The second-order valence-corrected chi connectivity index (χ2v) is 9.41. The number of benzene rings is 2. The number of anilines is 2. The lowest BCUT2D eigenvalue weighted by atomic mass is 9.52. The Kier molecular flexibility index (Phi) is 4.30. The van der Waals surface area contributed by atoms with E-state index in [0.717, 1.165) is 13.0 Å². The van der Waals surface area contributed by atoms with Crippen LogP contribution in [0.25, 0.3) is 0 Å². The van der Waals surface area contributed by atoms with Crippen LogP contribution in [-0.4, -0.2) is 23.7 Å². The lowest BCUT2D eigenvalue weighted by Gasteiger charge is -2.59. The third-order valence-corrected chi connectivity index (χ3v) is 7.47. The molecule has 3 heteroatoms. The first kappa shape index (κ1) is 17.9. The Morgan fingerprint density at radius 2 is 1.89 bits per heavy atom. The molecule has 3 aliphatic rings. The molecule has 0 spiro atoms. The number of rotatable bonds is 3. The SMILES string of the molecule is CC(C)Nc1ccc(N2CC[C@]34CCCC[C@H]3[C@H]2Cc2ccc(O)cc24)cc1. The highest BCUT2D eigenvalue weighted by atomic mass is 16.3. The van der Waals surface area contributed by atoms with Gasteiger partial charge in [-0.05, 0) is 93.0 Å². The topological polar surface area (TPSA) is 35.5 Å². The van der Waals surface area contributed by atoms with E-state index in [-0.39, 0.29) is 5.41 Å². The van der Waals surface area contributed by atoms with E-state index in [9.17, 15) is 5.11 Å². The van der Waals surface area contributed by atoms with E-state index < -0.39 is 0 Å². The molecule has 0 radical (unpaired) electrons. The molecule has 2 fully saturated rings. The van der Waals surface area contributed by atoms with Gasteiger partial charge in [0.2, 0.25) is 0 Å². The van der Waals surface area contributed by atoms with Gasteiger partial charge in [0.15, 0.2) is 0 Å². The molecule has 1 saturated heterocycles. The molecule has 0 amide bonds. The van der Waals surface area contributed by atoms with Gasteiger partial charge in [0.25, 0.3) is 0 Å². The summed E-state index contributed by atoms with van der Waals surface area (Å²) in [4.78, 5) is 2.68. The number of piperidine rings is 1. The Morgan fingerprint density at radius 1 is 1.07 bits per heavy atom. The van der Waals surface area contributed by atoms with Gasteiger partial charge in [0, 0.05) is 35.4 Å². The van der Waals surface area contributed by atoms with Gasteiger partial charge >= 0.3 is 0 Å². The second-order valence-electron chi connectivity index (χ2n) is 9.41. The van der Waals surface area contributed by atoms with Crippen LogP contribution in [-0.2, 0) is 11.8 Å². The van der Waals surface area contributed by atoms with Gasteiger partial charge in [-0.25, -0.2) is 0 Å². The van der Waals surface area contributed by atoms with E-state index in [4.69, 9.17) is 0 Å². The van der Waals surface area contributed by atoms with Crippen LogP contribution in [0.4, 0.5) is 11.4 Å². The molecule has 0 aromatic heterocycles. The summed E-state index contributed by atoms with van der Waals surface area (Å²) < 4.78 is 0. The van der Waals surface area contributed by atoms with Crippen molar-refractivity contribution in [2.45, 2.75) is 69.9 Å². The number of fused-ring (bicyclic) bond motifs is 1. The smallest absolute Gasteiger partial charge is 0.115 e. The molecule has 3 atom stereocenters. The highest BCUT2D eigenvalue weighted by molar-refractivity contribution is 5.58. The molecule has 1 saturated carbocycles. The van der Waals surface area contributed by atoms with Gasteiger partial charge in [-0.2, -0.15) is 0 Å². The van der Waals surface area contributed by atoms with Crippen molar-refractivity contribution in [1.29, 1.82) is 0 Å². The quantitative estimate of drug-likeness (QED) is 0.745. The maximum absolute atomic E-state index is 10.2. The zero-order valence-electron chi connectivity index (χ0n) is 17.1. The summed E-state index contributed by atoms with van der Waals surface area (Å²) in [6, 6.07) is 16.2. The van der Waals surface area contributed by atoms with Crippen molar-refractivity contribution in [2.75, 3.05) is 16.8 Å². The number of hydrogen-bond donors (Lipinski definition) is 2. The Morgan fingerprint density at radius 3 is 2.68 bits per heavy atom. The van der Waals surface area contributed by atoms with E-state index in [1.165, 1.54) is 54.6 Å². The summed E-state index contributed by atoms with van der Waals surface area (Å²) in [5.74, 6) is 1.14. The molecule has 5 rings (SSSR count). The van der Waals surface area contributed by atoms with E-state index in [0.29, 0.717) is 23.8 Å². The van der Waals surface area contributed by atoms with Crippen molar-refractivity contribution < 1.29 is 5.11 Å². The molecule has 28 heavy (non-hydrogen) atoms. The zero-order valence-corrected chi connectivity index (χ0v) is 17.1. The molecule has 1 heterocycles. The third kappa shape index (κ3) is 2.78. The second kappa shape index (κ2) is 6.72. The van der Waals surface area contributed by atoms with Crippen LogP contribution < -0.4 is 10.2 Å². The summed E-state index contributed by atoms with van der Waals surface area (Å²) in [5, 5.41) is 13.7. The van der Waals surface area contributed by atoms with Crippen LogP contribution in [0.5, 0.6) is 5.75 Å². The van der Waals surface area contributed by atoms with E-state index in [1.807, 2.05) is 6.07 Å². The van der Waals surface area contributed by atoms with Crippen LogP contribution in [0, 0.1) is 5.92 Å². The van der Waals surface area contributed by atoms with Gasteiger partial charge in [0.1, 0.15) is 5.75 Å². The predicted molar refractivity (Wildman–Crippen MR) is 116 cm³/mol. The van der Waals surface area contributed by atoms with Crippen LogP contribution >= 0.6 is 0 Å². The summed E-state index contributed by atoms with van der Waals surface area (Å²) in [7, 11) is 0. The largest absolute Gasteiger partial charge is 0.508 e. The standard InChI is InChI=1S/C25H32N2O/c1-17(2)26-19-7-9-20(10-8-19)27-14-13-25-12-4-3-5-22(25)24(27)15-18-6-11-21(28)16-23(18)25/h6-11,16-17,22,24,26,28H,3-5,12-15H2,1-2H3/t22-,24+,25+/m0/s1. The molecule has 2 aromatic carbocycles. The number of aromatic hydroxyl groups is 1. The first-order chi connectivity index (χ1) is 13.6. The van der Waals surface area contributed by atoms with Gasteiger partial charge in [-0.3, -0.25) is 0 Å². The molecule has 148 valence electrons. The average molecular weight is 377 g/mol. The first-order valence-corrected chi connectivity index (χ1v) is 11.0. The summed E-state index contributed by atoms with van der Waals surface area (Å²) in [5.41, 5.74) is 5.77. The lowest BCUT2D eigenvalue weighted by Crippen LogP contribution is -2.61. The Balaban J connectivity index is 1.51. The van der Waals surface area contributed by atoms with E-state index in [1.54, 1.807) is 0 Å². The highest BCUT2D eigenvalue weighted by Gasteiger charge is 2.53. The summed E-state index contributed by atoms with van der Waals surface area (Å²) in [6.07, 6.45) is 7.60. The fourth-order valence-corrected chi connectivity index (χ4v) is 6.40. The minimum Gasteiger partial charge on any atom is -0.508 e. The van der Waals surface area contributed by atoms with Crippen molar-refractivity contribution in [1.82, 2.24) is 0 Å². The van der Waals surface area contributed by atoms with Crippen molar-refractivity contribution in [2.24, 2.45) is 5.92 Å². The third-order valence-electron chi connectivity index (χ3n) is 7.47. The minimum absolute atomic E-state index is 0.283. The first-order valence-electron chi connectivity index (χ1n) is 11.0. The van der Waals surface area contributed by atoms with Gasteiger partial charge < -0.3 is 15.3 Å². The number of hydrogen-bond acceptors (Lipinski definition) is 3. The summed E-state index contributed by atoms with van der Waals surface area (Å²) in [6.45, 7) is 5.48. The molecule has 2 N–H and O–H groups in total. The van der Waals surface area contributed by atoms with Crippen molar-refractivity contribution in [3.05, 3.63) is 53.6 Å². The van der Waals surface area contributed by atoms with E-state index >= 15 is 0 Å². The Bertz CT molecular complexity index is 859. The molecule has 2 bridgehead atoms. The van der Waals surface area contributed by atoms with Crippen LogP contribution in [0.1, 0.15) is 57.1 Å². The van der Waals surface area contributed by atoms with Crippen LogP contribution in [0.2, 0.25) is 0 Å². The van der Waals surface area contributed by atoms with E-state index in [2.05, 4.69) is 60.5 Å². The number of nitrogens with one attached hydrogen (secondary N) is 1. The highest BCUT2D eigenvalue weighted by Crippen LogP contribution is 2.56. The van der Waals surface area contributed by atoms with Crippen molar-refractivity contribution in [3.63, 3.8) is 0 Å². The number of phenols is 1. The van der Waals surface area contributed by atoms with Gasteiger partial charge in [-0.15, -0.1) is 0 Å². The molecule has 3 nitrogen and oxygen atoms in total. The van der Waals surface area contributed by atoms with Crippen LogP contribution in [0.3, 0.4) is 0 Å². The fourth-order valence-electron chi connectivity index (χ4n) is 6.40. The maximum Gasteiger partial charge on any atom is 0.115 e. The summed E-state index contributed by atoms with van der Waals surface area (Å²) >= 11 is 0. The lowest BCUT2D eigenvalue weighted by molar-refractivity contribution is 0.0983. The number of nitrogens with zero attached hydrogens (tertiary/aromatic N) is 1. The average Bonchev–Trinajstić information content (AvgIpc) is 2.69.